The first-order chi connectivity index (χ1) is 9.01. The van der Waals surface area contributed by atoms with Gasteiger partial charge in [0.15, 0.2) is 0 Å². The van der Waals surface area contributed by atoms with Crippen molar-refractivity contribution in [2.45, 2.75) is 38.8 Å². The summed E-state index contributed by atoms with van der Waals surface area (Å²) in [6, 6.07) is 0.492. The number of carbonyl (C=O) groups excluding carboxylic acids is 1. The van der Waals surface area contributed by atoms with E-state index in [-0.39, 0.29) is 11.9 Å². The quantitative estimate of drug-likeness (QED) is 0.749. The van der Waals surface area contributed by atoms with Crippen LogP contribution in [0.25, 0.3) is 0 Å². The molecule has 2 atom stereocenters. The molecule has 5 nitrogen and oxygen atoms in total. The molecular weight excluding hydrogens is 240 g/mol. The smallest absolute Gasteiger partial charge is 0.239 e. The van der Waals surface area contributed by atoms with Gasteiger partial charge < -0.3 is 10.6 Å². The minimum absolute atomic E-state index is 0.0142. The van der Waals surface area contributed by atoms with Gasteiger partial charge in [-0.1, -0.05) is 13.3 Å². The molecule has 2 N–H and O–H groups in total. The van der Waals surface area contributed by atoms with Crippen molar-refractivity contribution in [3.05, 3.63) is 0 Å². The number of nitrogens with two attached hydrogens (primary N) is 1. The van der Waals surface area contributed by atoms with Crippen LogP contribution in [-0.2, 0) is 4.79 Å². The molecule has 0 spiro atoms. The highest BCUT2D eigenvalue weighted by Gasteiger charge is 2.28. The SMILES string of the molecule is CCCC(CN)N1CCN(C(C)C(=O)N(C)C)CC1. The molecule has 1 aliphatic heterocycles. The fourth-order valence-electron chi connectivity index (χ4n) is 2.80. The molecule has 1 amide bonds. The van der Waals surface area contributed by atoms with Gasteiger partial charge >= 0.3 is 0 Å². The van der Waals surface area contributed by atoms with Crippen molar-refractivity contribution in [2.24, 2.45) is 5.73 Å². The summed E-state index contributed by atoms with van der Waals surface area (Å²) in [4.78, 5) is 18.4. The fourth-order valence-corrected chi connectivity index (χ4v) is 2.80. The zero-order valence-corrected chi connectivity index (χ0v) is 12.9. The zero-order chi connectivity index (χ0) is 14.4. The second-order valence-electron chi connectivity index (χ2n) is 5.66. The highest BCUT2D eigenvalue weighted by Crippen LogP contribution is 2.13. The molecule has 0 aromatic carbocycles. The van der Waals surface area contributed by atoms with E-state index in [1.165, 1.54) is 12.8 Å². The van der Waals surface area contributed by atoms with Crippen LogP contribution in [0.1, 0.15) is 26.7 Å². The topological polar surface area (TPSA) is 52.8 Å². The van der Waals surface area contributed by atoms with E-state index in [1.54, 1.807) is 4.90 Å². The molecule has 0 radical (unpaired) electrons. The maximum absolute atomic E-state index is 12.0. The van der Waals surface area contributed by atoms with Crippen LogP contribution in [0.4, 0.5) is 0 Å². The molecule has 5 heteroatoms. The monoisotopic (exact) mass is 270 g/mol. The zero-order valence-electron chi connectivity index (χ0n) is 12.9. The number of likely N-dealkylation sites (N-methyl/N-ethyl adjacent to an activating group) is 1. The van der Waals surface area contributed by atoms with Gasteiger partial charge in [0.25, 0.3) is 0 Å². The highest BCUT2D eigenvalue weighted by molar-refractivity contribution is 5.80. The molecule has 1 saturated heterocycles. The van der Waals surface area contributed by atoms with Crippen LogP contribution in [0, 0.1) is 0 Å². The lowest BCUT2D eigenvalue weighted by atomic mass is 10.1. The average Bonchev–Trinajstić information content (AvgIpc) is 2.43. The molecule has 1 aliphatic rings. The van der Waals surface area contributed by atoms with Crippen molar-refractivity contribution in [3.63, 3.8) is 0 Å². The summed E-state index contributed by atoms with van der Waals surface area (Å²) in [6.07, 6.45) is 2.35. The summed E-state index contributed by atoms with van der Waals surface area (Å²) in [7, 11) is 3.64. The van der Waals surface area contributed by atoms with Crippen molar-refractivity contribution in [1.82, 2.24) is 14.7 Å². The number of amides is 1. The Labute approximate surface area is 117 Å². The molecule has 112 valence electrons. The van der Waals surface area contributed by atoms with E-state index in [4.69, 9.17) is 5.73 Å². The van der Waals surface area contributed by atoms with E-state index in [0.29, 0.717) is 6.04 Å². The third kappa shape index (κ3) is 4.44. The number of nitrogens with zero attached hydrogens (tertiary/aromatic N) is 3. The van der Waals surface area contributed by atoms with E-state index in [0.717, 1.165) is 32.7 Å². The fraction of sp³-hybridized carbons (Fsp3) is 0.929. The Hall–Kier alpha value is -0.650. The van der Waals surface area contributed by atoms with Crippen molar-refractivity contribution >= 4 is 5.91 Å². The number of carbonyl (C=O) groups is 1. The molecule has 0 aromatic rings. The van der Waals surface area contributed by atoms with Gasteiger partial charge in [-0.25, -0.2) is 0 Å². The Morgan fingerprint density at radius 1 is 1.21 bits per heavy atom. The summed E-state index contributed by atoms with van der Waals surface area (Å²) in [5, 5.41) is 0. The molecule has 2 unspecified atom stereocenters. The van der Waals surface area contributed by atoms with Crippen molar-refractivity contribution in [3.8, 4) is 0 Å². The van der Waals surface area contributed by atoms with Gasteiger partial charge in [-0.15, -0.1) is 0 Å². The van der Waals surface area contributed by atoms with Crippen LogP contribution in [0.3, 0.4) is 0 Å². The minimum atomic E-state index is -0.0142. The van der Waals surface area contributed by atoms with Gasteiger partial charge in [0.2, 0.25) is 5.91 Å². The van der Waals surface area contributed by atoms with E-state index in [9.17, 15) is 4.79 Å². The maximum Gasteiger partial charge on any atom is 0.239 e. The summed E-state index contributed by atoms with van der Waals surface area (Å²) < 4.78 is 0. The summed E-state index contributed by atoms with van der Waals surface area (Å²) >= 11 is 0. The van der Waals surface area contributed by atoms with Gasteiger partial charge in [0.1, 0.15) is 0 Å². The van der Waals surface area contributed by atoms with Gasteiger partial charge in [0, 0.05) is 52.9 Å². The third-order valence-electron chi connectivity index (χ3n) is 4.11. The molecule has 1 fully saturated rings. The van der Waals surface area contributed by atoms with Crippen LogP contribution in [-0.4, -0.2) is 79.5 Å². The van der Waals surface area contributed by atoms with Crippen molar-refractivity contribution in [1.29, 1.82) is 0 Å². The molecule has 0 aliphatic carbocycles. The first-order valence-electron chi connectivity index (χ1n) is 7.40. The Morgan fingerprint density at radius 3 is 2.16 bits per heavy atom. The van der Waals surface area contributed by atoms with Crippen LogP contribution in [0.2, 0.25) is 0 Å². The second kappa shape index (κ2) is 7.82. The van der Waals surface area contributed by atoms with Crippen molar-refractivity contribution in [2.75, 3.05) is 46.8 Å². The molecule has 19 heavy (non-hydrogen) atoms. The lowest BCUT2D eigenvalue weighted by molar-refractivity contribution is -0.134. The summed E-state index contributed by atoms with van der Waals surface area (Å²) in [6.45, 7) is 8.91. The summed E-state index contributed by atoms with van der Waals surface area (Å²) in [5.74, 6) is 0.192. The Balaban J connectivity index is 2.46. The van der Waals surface area contributed by atoms with Crippen LogP contribution in [0.15, 0.2) is 0 Å². The normalized spacial score (nSPS) is 21.1. The molecule has 1 heterocycles. The molecule has 0 aromatic heterocycles. The van der Waals surface area contributed by atoms with Crippen LogP contribution >= 0.6 is 0 Å². The Morgan fingerprint density at radius 2 is 1.74 bits per heavy atom. The minimum Gasteiger partial charge on any atom is -0.347 e. The van der Waals surface area contributed by atoms with Gasteiger partial charge in [-0.2, -0.15) is 0 Å². The first-order valence-corrected chi connectivity index (χ1v) is 7.40. The standard InChI is InChI=1S/C14H30N4O/c1-5-6-13(11-15)18-9-7-17(8-10-18)12(2)14(19)16(3)4/h12-13H,5-11,15H2,1-4H3. The molecule has 0 bridgehead atoms. The lowest BCUT2D eigenvalue weighted by Gasteiger charge is -2.41. The second-order valence-corrected chi connectivity index (χ2v) is 5.66. The Bertz CT molecular complexity index is 275. The Kier molecular flexibility index (Phi) is 6.75. The van der Waals surface area contributed by atoms with Crippen LogP contribution < -0.4 is 5.73 Å². The largest absolute Gasteiger partial charge is 0.347 e. The van der Waals surface area contributed by atoms with E-state index >= 15 is 0 Å². The average molecular weight is 270 g/mol. The van der Waals surface area contributed by atoms with E-state index in [1.807, 2.05) is 21.0 Å². The molecular formula is C14H30N4O. The number of hydrogen-bond acceptors (Lipinski definition) is 4. The number of piperazine rings is 1. The molecule has 0 saturated carbocycles. The lowest BCUT2D eigenvalue weighted by Crippen LogP contribution is -2.56. The van der Waals surface area contributed by atoms with Gasteiger partial charge in [-0.3, -0.25) is 14.6 Å². The first kappa shape index (κ1) is 16.4. The predicted octanol–water partition coefficient (Wildman–Crippen LogP) is 0.208. The van der Waals surface area contributed by atoms with E-state index < -0.39 is 0 Å². The van der Waals surface area contributed by atoms with Gasteiger partial charge in [-0.05, 0) is 13.3 Å². The van der Waals surface area contributed by atoms with Gasteiger partial charge in [0.05, 0.1) is 6.04 Å². The predicted molar refractivity (Wildman–Crippen MR) is 79.1 cm³/mol. The highest BCUT2D eigenvalue weighted by atomic mass is 16.2. The van der Waals surface area contributed by atoms with Crippen molar-refractivity contribution < 1.29 is 4.79 Å². The maximum atomic E-state index is 12.0. The van der Waals surface area contributed by atoms with Crippen LogP contribution in [0.5, 0.6) is 0 Å². The molecule has 1 rings (SSSR count). The number of rotatable bonds is 6. The summed E-state index contributed by atoms with van der Waals surface area (Å²) in [5.41, 5.74) is 5.86. The third-order valence-corrected chi connectivity index (χ3v) is 4.11. The number of hydrogen-bond donors (Lipinski definition) is 1. The van der Waals surface area contributed by atoms with E-state index in [2.05, 4.69) is 16.7 Å².